The molecule has 1 aromatic heterocycles. The summed E-state index contributed by atoms with van der Waals surface area (Å²) < 4.78 is 39.1. The van der Waals surface area contributed by atoms with E-state index in [1.54, 1.807) is 0 Å². The van der Waals surface area contributed by atoms with E-state index in [9.17, 15) is 18.3 Å². The zero-order valence-electron chi connectivity index (χ0n) is 11.7. The van der Waals surface area contributed by atoms with Gasteiger partial charge in [0, 0.05) is 18.0 Å². The molecule has 1 N–H and O–H groups in total. The van der Waals surface area contributed by atoms with Gasteiger partial charge in [0.1, 0.15) is 0 Å². The van der Waals surface area contributed by atoms with Gasteiger partial charge in [-0.25, -0.2) is 0 Å². The molecule has 0 unspecified atom stereocenters. The van der Waals surface area contributed by atoms with Crippen molar-refractivity contribution in [3.05, 3.63) is 29.6 Å². The van der Waals surface area contributed by atoms with E-state index in [1.807, 2.05) is 0 Å². The van der Waals surface area contributed by atoms with E-state index in [0.29, 0.717) is 24.7 Å². The summed E-state index contributed by atoms with van der Waals surface area (Å²) in [7, 11) is 0. The third-order valence-electron chi connectivity index (χ3n) is 4.43. The van der Waals surface area contributed by atoms with Crippen LogP contribution in [-0.2, 0) is 11.8 Å². The van der Waals surface area contributed by atoms with E-state index in [-0.39, 0.29) is 5.56 Å². The second kappa shape index (κ2) is 5.35. The van der Waals surface area contributed by atoms with Gasteiger partial charge in [0.15, 0.2) is 0 Å². The van der Waals surface area contributed by atoms with Gasteiger partial charge in [-0.3, -0.25) is 4.98 Å². The van der Waals surface area contributed by atoms with E-state index in [1.165, 1.54) is 6.20 Å². The molecule has 0 atom stereocenters. The van der Waals surface area contributed by atoms with Crippen LogP contribution >= 0.6 is 0 Å². The van der Waals surface area contributed by atoms with Gasteiger partial charge >= 0.3 is 6.18 Å². The highest BCUT2D eigenvalue weighted by Gasteiger charge is 2.43. The SMILES string of the molecule is CC(C)C1CCC(O)(c2cnccc2C(F)(F)F)CC1. The summed E-state index contributed by atoms with van der Waals surface area (Å²) in [6, 6.07) is 0.946. The number of halogens is 3. The average Bonchev–Trinajstić information content (AvgIpc) is 2.38. The number of rotatable bonds is 2. The highest BCUT2D eigenvalue weighted by Crippen LogP contribution is 2.45. The molecule has 0 spiro atoms. The van der Waals surface area contributed by atoms with Gasteiger partial charge in [-0.1, -0.05) is 13.8 Å². The van der Waals surface area contributed by atoms with Crippen molar-refractivity contribution in [1.82, 2.24) is 4.98 Å². The summed E-state index contributed by atoms with van der Waals surface area (Å²) in [5.74, 6) is 0.969. The van der Waals surface area contributed by atoms with E-state index >= 15 is 0 Å². The first kappa shape index (κ1) is 15.3. The Morgan fingerprint density at radius 3 is 2.40 bits per heavy atom. The van der Waals surface area contributed by atoms with Crippen LogP contribution in [-0.4, -0.2) is 10.1 Å². The maximum absolute atomic E-state index is 13.0. The van der Waals surface area contributed by atoms with Gasteiger partial charge in [-0.15, -0.1) is 0 Å². The van der Waals surface area contributed by atoms with Crippen molar-refractivity contribution in [2.75, 3.05) is 0 Å². The second-order valence-corrected chi connectivity index (χ2v) is 6.03. The fourth-order valence-electron chi connectivity index (χ4n) is 3.07. The van der Waals surface area contributed by atoms with Crippen LogP contribution in [0.1, 0.15) is 50.7 Å². The van der Waals surface area contributed by atoms with Crippen LogP contribution in [0.15, 0.2) is 18.5 Å². The monoisotopic (exact) mass is 287 g/mol. The van der Waals surface area contributed by atoms with Crippen molar-refractivity contribution in [1.29, 1.82) is 0 Å². The van der Waals surface area contributed by atoms with Crippen molar-refractivity contribution in [2.24, 2.45) is 11.8 Å². The molecule has 1 aliphatic carbocycles. The van der Waals surface area contributed by atoms with Crippen LogP contribution < -0.4 is 0 Å². The Morgan fingerprint density at radius 2 is 1.90 bits per heavy atom. The lowest BCUT2D eigenvalue weighted by Crippen LogP contribution is -2.35. The van der Waals surface area contributed by atoms with Gasteiger partial charge < -0.3 is 5.11 Å². The van der Waals surface area contributed by atoms with Crippen LogP contribution in [0, 0.1) is 11.8 Å². The Bertz CT molecular complexity index is 462. The van der Waals surface area contributed by atoms with Crippen molar-refractivity contribution in [3.63, 3.8) is 0 Å². The minimum atomic E-state index is -4.46. The van der Waals surface area contributed by atoms with E-state index in [2.05, 4.69) is 18.8 Å². The molecule has 1 fully saturated rings. The predicted octanol–water partition coefficient (Wildman–Crippen LogP) is 4.13. The molecule has 0 amide bonds. The molecule has 1 heterocycles. The molecule has 1 aliphatic rings. The van der Waals surface area contributed by atoms with Crippen molar-refractivity contribution >= 4 is 0 Å². The average molecular weight is 287 g/mol. The fraction of sp³-hybridized carbons (Fsp3) is 0.667. The number of pyridine rings is 1. The Labute approximate surface area is 117 Å². The van der Waals surface area contributed by atoms with Crippen LogP contribution in [0.2, 0.25) is 0 Å². The molecule has 0 saturated heterocycles. The lowest BCUT2D eigenvalue weighted by Gasteiger charge is -2.38. The van der Waals surface area contributed by atoms with E-state index in [0.717, 1.165) is 25.1 Å². The van der Waals surface area contributed by atoms with Crippen LogP contribution in [0.5, 0.6) is 0 Å². The molecule has 1 aromatic rings. The zero-order chi connectivity index (χ0) is 15.0. The maximum Gasteiger partial charge on any atom is 0.416 e. The highest BCUT2D eigenvalue weighted by atomic mass is 19.4. The molecule has 2 rings (SSSR count). The summed E-state index contributed by atoms with van der Waals surface area (Å²) in [5.41, 5.74) is -2.24. The van der Waals surface area contributed by atoms with Gasteiger partial charge in [-0.2, -0.15) is 13.2 Å². The van der Waals surface area contributed by atoms with Crippen molar-refractivity contribution in [2.45, 2.75) is 51.3 Å². The predicted molar refractivity (Wildman–Crippen MR) is 69.9 cm³/mol. The van der Waals surface area contributed by atoms with E-state index in [4.69, 9.17) is 0 Å². The molecule has 5 heteroatoms. The topological polar surface area (TPSA) is 33.1 Å². The molecule has 0 aliphatic heterocycles. The maximum atomic E-state index is 13.0. The molecular formula is C15H20F3NO. The number of hydrogen-bond acceptors (Lipinski definition) is 2. The normalized spacial score (nSPS) is 27.9. The fourth-order valence-corrected chi connectivity index (χ4v) is 3.07. The minimum Gasteiger partial charge on any atom is -0.385 e. The number of hydrogen-bond donors (Lipinski definition) is 1. The van der Waals surface area contributed by atoms with Crippen LogP contribution in [0.25, 0.3) is 0 Å². The molecule has 0 aromatic carbocycles. The Hall–Kier alpha value is -1.10. The zero-order valence-corrected chi connectivity index (χ0v) is 11.7. The summed E-state index contributed by atoms with van der Waals surface area (Å²) in [6.07, 6.45) is 0.0623. The number of alkyl halides is 3. The Balaban J connectivity index is 2.28. The summed E-state index contributed by atoms with van der Waals surface area (Å²) in [5, 5.41) is 10.6. The molecule has 112 valence electrons. The first-order valence-electron chi connectivity index (χ1n) is 6.98. The molecule has 1 saturated carbocycles. The number of aromatic nitrogens is 1. The smallest absolute Gasteiger partial charge is 0.385 e. The van der Waals surface area contributed by atoms with Gasteiger partial charge in [0.25, 0.3) is 0 Å². The second-order valence-electron chi connectivity index (χ2n) is 6.03. The molecule has 20 heavy (non-hydrogen) atoms. The van der Waals surface area contributed by atoms with Crippen LogP contribution in [0.4, 0.5) is 13.2 Å². The summed E-state index contributed by atoms with van der Waals surface area (Å²) in [6.45, 7) is 4.22. The Kier molecular flexibility index (Phi) is 4.09. The molecule has 0 bridgehead atoms. The standard InChI is InChI=1S/C15H20F3NO/c1-10(2)11-3-6-14(20,7-4-11)13-9-19-8-5-12(13)15(16,17)18/h5,8-11,20H,3-4,6-7H2,1-2H3. The van der Waals surface area contributed by atoms with Gasteiger partial charge in [-0.05, 0) is 43.6 Å². The first-order chi connectivity index (χ1) is 9.24. The summed E-state index contributed by atoms with van der Waals surface area (Å²) in [4.78, 5) is 3.77. The lowest BCUT2D eigenvalue weighted by molar-refractivity contribution is -0.142. The number of nitrogens with zero attached hydrogens (tertiary/aromatic N) is 1. The van der Waals surface area contributed by atoms with Crippen LogP contribution in [0.3, 0.4) is 0 Å². The molecule has 0 radical (unpaired) electrons. The summed E-state index contributed by atoms with van der Waals surface area (Å²) >= 11 is 0. The quantitative estimate of drug-likeness (QED) is 0.887. The van der Waals surface area contributed by atoms with Crippen molar-refractivity contribution in [3.8, 4) is 0 Å². The molecular weight excluding hydrogens is 267 g/mol. The Morgan fingerprint density at radius 1 is 1.30 bits per heavy atom. The third-order valence-corrected chi connectivity index (χ3v) is 4.43. The largest absolute Gasteiger partial charge is 0.416 e. The van der Waals surface area contributed by atoms with E-state index < -0.39 is 17.3 Å². The first-order valence-corrected chi connectivity index (χ1v) is 6.98. The molecule has 2 nitrogen and oxygen atoms in total. The van der Waals surface area contributed by atoms with Crippen molar-refractivity contribution < 1.29 is 18.3 Å². The van der Waals surface area contributed by atoms with Gasteiger partial charge in [0.05, 0.1) is 11.2 Å². The minimum absolute atomic E-state index is 0.0743. The highest BCUT2D eigenvalue weighted by molar-refractivity contribution is 5.32. The lowest BCUT2D eigenvalue weighted by atomic mass is 9.71. The third kappa shape index (κ3) is 2.97. The van der Waals surface area contributed by atoms with Gasteiger partial charge in [0.2, 0.25) is 0 Å². The number of aliphatic hydroxyl groups is 1.